The Morgan fingerprint density at radius 3 is 2.52 bits per heavy atom. The van der Waals surface area contributed by atoms with E-state index >= 15 is 0 Å². The van der Waals surface area contributed by atoms with Crippen molar-refractivity contribution in [2.45, 2.75) is 13.5 Å². The molecule has 0 atom stereocenters. The number of hydrogen-bond donors (Lipinski definition) is 1. The van der Waals surface area contributed by atoms with Gasteiger partial charge >= 0.3 is 5.69 Å². The average molecular weight is 437 g/mol. The summed E-state index contributed by atoms with van der Waals surface area (Å²) in [5.41, 5.74) is 5.51. The van der Waals surface area contributed by atoms with Gasteiger partial charge in [0, 0.05) is 24.7 Å². The zero-order valence-corrected chi connectivity index (χ0v) is 18.1. The van der Waals surface area contributed by atoms with Gasteiger partial charge in [-0.2, -0.15) is 10.1 Å². The highest BCUT2D eigenvalue weighted by atomic mass is 35.5. The lowest BCUT2D eigenvalue weighted by atomic mass is 10.1. The summed E-state index contributed by atoms with van der Waals surface area (Å²) in [4.78, 5) is 29.8. The van der Waals surface area contributed by atoms with E-state index in [-0.39, 0.29) is 5.65 Å². The van der Waals surface area contributed by atoms with E-state index < -0.39 is 11.2 Å². The number of rotatable bonds is 5. The van der Waals surface area contributed by atoms with Crippen molar-refractivity contribution in [2.24, 2.45) is 19.2 Å². The molecule has 0 aliphatic carbocycles. The van der Waals surface area contributed by atoms with Crippen LogP contribution < -0.4 is 16.7 Å². The molecule has 0 amide bonds. The Kier molecular flexibility index (Phi) is 5.48. The molecule has 0 unspecified atom stereocenters. The van der Waals surface area contributed by atoms with Crippen molar-refractivity contribution < 1.29 is 0 Å². The summed E-state index contributed by atoms with van der Waals surface area (Å²) in [7, 11) is 3.05. The smallest absolute Gasteiger partial charge is 0.298 e. The Bertz CT molecular complexity index is 1430. The number of anilines is 1. The van der Waals surface area contributed by atoms with Gasteiger partial charge in [0.1, 0.15) is 0 Å². The van der Waals surface area contributed by atoms with E-state index in [2.05, 4.69) is 15.5 Å². The minimum atomic E-state index is -0.441. The fourth-order valence-corrected chi connectivity index (χ4v) is 3.57. The summed E-state index contributed by atoms with van der Waals surface area (Å²) in [6.45, 7) is 2.39. The monoisotopic (exact) mass is 436 g/mol. The molecule has 158 valence electrons. The van der Waals surface area contributed by atoms with Crippen LogP contribution in [0.25, 0.3) is 11.2 Å². The minimum absolute atomic E-state index is 0.289. The first-order valence-corrected chi connectivity index (χ1v) is 10.0. The molecule has 4 aromatic rings. The molecule has 2 aromatic carbocycles. The van der Waals surface area contributed by atoms with Crippen LogP contribution in [-0.4, -0.2) is 24.9 Å². The SMILES string of the molecule is Cc1ccccc1Cn1c(NN=Cc2ccccc2Cl)nc2c1c(=O)n(C)c(=O)n2C. The molecule has 31 heavy (non-hydrogen) atoms. The Hall–Kier alpha value is -3.65. The Morgan fingerprint density at radius 2 is 1.77 bits per heavy atom. The maximum absolute atomic E-state index is 13.0. The van der Waals surface area contributed by atoms with Crippen LogP contribution in [-0.2, 0) is 20.6 Å². The predicted octanol–water partition coefficient (Wildman–Crippen LogP) is 2.89. The molecular formula is C22H21ClN6O2. The van der Waals surface area contributed by atoms with Gasteiger partial charge in [0.25, 0.3) is 5.56 Å². The molecule has 0 spiro atoms. The van der Waals surface area contributed by atoms with E-state index in [1.54, 1.807) is 23.9 Å². The summed E-state index contributed by atoms with van der Waals surface area (Å²) < 4.78 is 4.17. The van der Waals surface area contributed by atoms with Crippen LogP contribution >= 0.6 is 11.6 Å². The number of fused-ring (bicyclic) bond motifs is 1. The van der Waals surface area contributed by atoms with E-state index in [9.17, 15) is 9.59 Å². The zero-order valence-electron chi connectivity index (χ0n) is 17.3. The number of benzene rings is 2. The van der Waals surface area contributed by atoms with Crippen LogP contribution in [0.15, 0.2) is 63.2 Å². The fourth-order valence-electron chi connectivity index (χ4n) is 3.38. The summed E-state index contributed by atoms with van der Waals surface area (Å²) in [6, 6.07) is 15.2. The maximum atomic E-state index is 13.0. The van der Waals surface area contributed by atoms with Gasteiger partial charge < -0.3 is 0 Å². The molecule has 9 heteroatoms. The molecule has 0 bridgehead atoms. The number of nitrogens with zero attached hydrogens (tertiary/aromatic N) is 5. The van der Waals surface area contributed by atoms with E-state index in [1.165, 1.54) is 11.6 Å². The first-order chi connectivity index (χ1) is 14.9. The quantitative estimate of drug-likeness (QED) is 0.385. The molecular weight excluding hydrogens is 416 g/mol. The number of hydrogen-bond acceptors (Lipinski definition) is 5. The molecule has 0 saturated heterocycles. The third kappa shape index (κ3) is 3.77. The summed E-state index contributed by atoms with van der Waals surface area (Å²) in [5, 5.41) is 4.83. The van der Waals surface area contributed by atoms with Crippen LogP contribution in [0.3, 0.4) is 0 Å². The predicted molar refractivity (Wildman–Crippen MR) is 123 cm³/mol. The standard InChI is InChI=1S/C22H21ClN6O2/c1-14-8-4-5-10-16(14)13-29-18-19(27(2)22(31)28(3)20(18)30)25-21(29)26-24-12-15-9-6-7-11-17(15)23/h4-12H,13H2,1-3H3,(H,25,26). The van der Waals surface area contributed by atoms with Gasteiger partial charge in [0.05, 0.1) is 12.8 Å². The molecule has 1 N–H and O–H groups in total. The largest absolute Gasteiger partial charge is 0.332 e. The molecule has 4 rings (SSSR count). The zero-order chi connectivity index (χ0) is 22.1. The van der Waals surface area contributed by atoms with E-state index in [0.717, 1.165) is 21.3 Å². The van der Waals surface area contributed by atoms with Crippen LogP contribution in [0.5, 0.6) is 0 Å². The fraction of sp³-hybridized carbons (Fsp3) is 0.182. The number of halogens is 1. The lowest BCUT2D eigenvalue weighted by Gasteiger charge is -2.11. The van der Waals surface area contributed by atoms with Gasteiger partial charge in [0.15, 0.2) is 11.2 Å². The van der Waals surface area contributed by atoms with E-state index in [4.69, 9.17) is 11.6 Å². The topological polar surface area (TPSA) is 86.2 Å². The third-order valence-corrected chi connectivity index (χ3v) is 5.56. The highest BCUT2D eigenvalue weighted by Crippen LogP contribution is 2.20. The van der Waals surface area contributed by atoms with Gasteiger partial charge in [-0.15, -0.1) is 0 Å². The third-order valence-electron chi connectivity index (χ3n) is 5.21. The van der Waals surface area contributed by atoms with Gasteiger partial charge in [-0.1, -0.05) is 54.1 Å². The van der Waals surface area contributed by atoms with Gasteiger partial charge in [-0.3, -0.25) is 18.5 Å². The molecule has 0 radical (unpaired) electrons. The van der Waals surface area contributed by atoms with Crippen LogP contribution in [0.1, 0.15) is 16.7 Å². The summed E-state index contributed by atoms with van der Waals surface area (Å²) in [5.74, 6) is 0.347. The van der Waals surface area contributed by atoms with Crippen molar-refractivity contribution >= 4 is 34.9 Å². The van der Waals surface area contributed by atoms with Crippen molar-refractivity contribution in [2.75, 3.05) is 5.43 Å². The van der Waals surface area contributed by atoms with Gasteiger partial charge in [0.2, 0.25) is 5.95 Å². The highest BCUT2D eigenvalue weighted by molar-refractivity contribution is 6.33. The van der Waals surface area contributed by atoms with Crippen LogP contribution in [0, 0.1) is 6.92 Å². The summed E-state index contributed by atoms with van der Waals surface area (Å²) >= 11 is 6.18. The summed E-state index contributed by atoms with van der Waals surface area (Å²) in [6.07, 6.45) is 1.58. The normalized spacial score (nSPS) is 11.5. The Morgan fingerprint density at radius 1 is 1.06 bits per heavy atom. The maximum Gasteiger partial charge on any atom is 0.332 e. The molecule has 2 aromatic heterocycles. The minimum Gasteiger partial charge on any atom is -0.298 e. The van der Waals surface area contributed by atoms with Crippen LogP contribution in [0.4, 0.5) is 5.95 Å². The number of aromatic nitrogens is 4. The number of nitrogens with one attached hydrogen (secondary N) is 1. The number of aryl methyl sites for hydroxylation is 2. The highest BCUT2D eigenvalue weighted by Gasteiger charge is 2.19. The second kappa shape index (κ2) is 8.23. The van der Waals surface area contributed by atoms with Crippen molar-refractivity contribution in [1.82, 2.24) is 18.7 Å². The second-order valence-electron chi connectivity index (χ2n) is 7.22. The van der Waals surface area contributed by atoms with Crippen LogP contribution in [0.2, 0.25) is 5.02 Å². The molecule has 0 saturated carbocycles. The Balaban J connectivity index is 1.85. The molecule has 2 heterocycles. The molecule has 0 aliphatic rings. The van der Waals surface area contributed by atoms with E-state index in [1.807, 2.05) is 49.4 Å². The Labute approximate surface area is 183 Å². The lowest BCUT2D eigenvalue weighted by Crippen LogP contribution is -2.37. The lowest BCUT2D eigenvalue weighted by molar-refractivity contribution is 0.702. The van der Waals surface area contributed by atoms with Crippen molar-refractivity contribution in [3.05, 3.63) is 91.1 Å². The van der Waals surface area contributed by atoms with Gasteiger partial charge in [-0.25, -0.2) is 10.2 Å². The van der Waals surface area contributed by atoms with E-state index in [0.29, 0.717) is 23.0 Å². The molecule has 8 nitrogen and oxygen atoms in total. The molecule has 0 aliphatic heterocycles. The number of imidazole rings is 1. The first-order valence-electron chi connectivity index (χ1n) is 9.63. The molecule has 0 fully saturated rings. The van der Waals surface area contributed by atoms with Crippen molar-refractivity contribution in [3.8, 4) is 0 Å². The first kappa shape index (κ1) is 20.6. The average Bonchev–Trinajstić information content (AvgIpc) is 3.12. The second-order valence-corrected chi connectivity index (χ2v) is 7.62. The number of hydrazone groups is 1. The van der Waals surface area contributed by atoms with Crippen molar-refractivity contribution in [1.29, 1.82) is 0 Å². The van der Waals surface area contributed by atoms with Gasteiger partial charge in [-0.05, 0) is 24.1 Å². The van der Waals surface area contributed by atoms with Crippen molar-refractivity contribution in [3.63, 3.8) is 0 Å².